The maximum atomic E-state index is 10.6. The summed E-state index contributed by atoms with van der Waals surface area (Å²) in [4.78, 5) is 11.6. The molecule has 0 atom stereocenters. The van der Waals surface area contributed by atoms with Crippen molar-refractivity contribution >= 4 is 27.7 Å². The normalized spacial score (nSPS) is 10.7. The van der Waals surface area contributed by atoms with Crippen LogP contribution in [0.4, 0.5) is 5.00 Å². The largest absolute Gasteiger partial charge is 0.324 e. The predicted molar refractivity (Wildman–Crippen MR) is 75.2 cm³/mol. The van der Waals surface area contributed by atoms with Crippen LogP contribution in [-0.2, 0) is 19.5 Å². The van der Waals surface area contributed by atoms with Crippen LogP contribution in [0.1, 0.15) is 22.9 Å². The molecular weight excluding hydrogens is 268 g/mol. The molecule has 96 valence electrons. The van der Waals surface area contributed by atoms with Crippen molar-refractivity contribution < 1.29 is 4.92 Å². The topological polar surface area (TPSA) is 55.2 Å². The molecule has 0 aliphatic rings. The lowest BCUT2D eigenvalue weighted by molar-refractivity contribution is -0.380. The second kappa shape index (κ2) is 6.08. The van der Waals surface area contributed by atoms with Gasteiger partial charge in [0.25, 0.3) is 0 Å². The van der Waals surface area contributed by atoms with Gasteiger partial charge in [0.1, 0.15) is 0 Å². The van der Waals surface area contributed by atoms with E-state index in [1.54, 1.807) is 17.4 Å². The molecule has 2 heterocycles. The van der Waals surface area contributed by atoms with E-state index >= 15 is 0 Å². The molecule has 0 radical (unpaired) electrons. The van der Waals surface area contributed by atoms with Crippen molar-refractivity contribution in [1.82, 2.24) is 5.32 Å². The number of rotatable bonds is 6. The maximum absolute atomic E-state index is 10.6. The van der Waals surface area contributed by atoms with Gasteiger partial charge >= 0.3 is 5.00 Å². The minimum atomic E-state index is -0.345. The van der Waals surface area contributed by atoms with Gasteiger partial charge in [-0.05, 0) is 29.0 Å². The molecule has 2 rings (SSSR count). The zero-order chi connectivity index (χ0) is 13.0. The first-order valence-electron chi connectivity index (χ1n) is 5.68. The van der Waals surface area contributed by atoms with Gasteiger partial charge in [0.15, 0.2) is 0 Å². The second-order valence-electron chi connectivity index (χ2n) is 3.88. The van der Waals surface area contributed by atoms with Crippen molar-refractivity contribution in [2.24, 2.45) is 0 Å². The summed E-state index contributed by atoms with van der Waals surface area (Å²) < 4.78 is 0. The number of nitrogens with zero attached hydrogens (tertiary/aromatic N) is 1. The van der Waals surface area contributed by atoms with E-state index in [0.29, 0.717) is 6.54 Å². The lowest BCUT2D eigenvalue weighted by Crippen LogP contribution is -2.12. The molecule has 0 bridgehead atoms. The first-order valence-corrected chi connectivity index (χ1v) is 7.44. The number of hydrogen-bond acceptors (Lipinski definition) is 5. The third-order valence-corrected chi connectivity index (χ3v) is 4.55. The Hall–Kier alpha value is -1.24. The Bertz CT molecular complexity index is 534. The van der Waals surface area contributed by atoms with Crippen molar-refractivity contribution in [2.75, 3.05) is 0 Å². The van der Waals surface area contributed by atoms with E-state index in [9.17, 15) is 10.1 Å². The molecule has 0 fully saturated rings. The van der Waals surface area contributed by atoms with Gasteiger partial charge in [-0.2, -0.15) is 0 Å². The fourth-order valence-electron chi connectivity index (χ4n) is 1.71. The SMILES string of the molecule is CCc1ccsc1CNCc1csc([N+](=O)[O-])c1. The third-order valence-electron chi connectivity index (χ3n) is 2.65. The Kier molecular flexibility index (Phi) is 4.46. The van der Waals surface area contributed by atoms with Gasteiger partial charge in [-0.3, -0.25) is 10.1 Å². The summed E-state index contributed by atoms with van der Waals surface area (Å²) in [5.74, 6) is 0. The van der Waals surface area contributed by atoms with Gasteiger partial charge in [-0.25, -0.2) is 0 Å². The van der Waals surface area contributed by atoms with E-state index in [2.05, 4.69) is 23.7 Å². The minimum absolute atomic E-state index is 0.206. The standard InChI is InChI=1S/C12H14N2O2S2/c1-2-10-3-4-17-11(10)7-13-6-9-5-12(14(15)16)18-8-9/h3-5,8,13H,2,6-7H2,1H3. The average Bonchev–Trinajstić information content (AvgIpc) is 2.97. The Morgan fingerprint density at radius 3 is 2.89 bits per heavy atom. The number of thiophene rings is 2. The molecule has 0 aliphatic carbocycles. The van der Waals surface area contributed by atoms with E-state index in [1.807, 2.05) is 5.38 Å². The first-order chi connectivity index (χ1) is 8.70. The van der Waals surface area contributed by atoms with Crippen molar-refractivity contribution in [1.29, 1.82) is 0 Å². The lowest BCUT2D eigenvalue weighted by atomic mass is 10.2. The number of nitrogens with one attached hydrogen (secondary N) is 1. The molecule has 0 saturated carbocycles. The first kappa shape index (κ1) is 13.2. The smallest absolute Gasteiger partial charge is 0.308 e. The zero-order valence-electron chi connectivity index (χ0n) is 10.0. The van der Waals surface area contributed by atoms with Gasteiger partial charge in [-0.15, -0.1) is 11.3 Å². The zero-order valence-corrected chi connectivity index (χ0v) is 11.6. The summed E-state index contributed by atoms with van der Waals surface area (Å²) in [5.41, 5.74) is 2.35. The lowest BCUT2D eigenvalue weighted by Gasteiger charge is -2.03. The Balaban J connectivity index is 1.86. The monoisotopic (exact) mass is 282 g/mol. The van der Waals surface area contributed by atoms with Crippen molar-refractivity contribution in [3.05, 3.63) is 49.0 Å². The molecule has 0 spiro atoms. The van der Waals surface area contributed by atoms with Crippen LogP contribution in [0.25, 0.3) is 0 Å². The molecule has 0 aromatic carbocycles. The van der Waals surface area contributed by atoms with Crippen LogP contribution < -0.4 is 5.32 Å². The molecule has 6 heteroatoms. The van der Waals surface area contributed by atoms with Crippen LogP contribution in [0.2, 0.25) is 0 Å². The summed E-state index contributed by atoms with van der Waals surface area (Å²) in [6, 6.07) is 3.78. The molecule has 1 N–H and O–H groups in total. The molecule has 4 nitrogen and oxygen atoms in total. The molecule has 0 aliphatic heterocycles. The Morgan fingerprint density at radius 1 is 1.39 bits per heavy atom. The van der Waals surface area contributed by atoms with Crippen molar-refractivity contribution in [3.8, 4) is 0 Å². The predicted octanol–water partition coefficient (Wildman–Crippen LogP) is 3.57. The van der Waals surface area contributed by atoms with E-state index in [1.165, 1.54) is 21.8 Å². The molecule has 18 heavy (non-hydrogen) atoms. The highest BCUT2D eigenvalue weighted by atomic mass is 32.1. The van der Waals surface area contributed by atoms with Gasteiger partial charge < -0.3 is 5.32 Å². The number of hydrogen-bond donors (Lipinski definition) is 1. The number of aryl methyl sites for hydroxylation is 1. The van der Waals surface area contributed by atoms with Crippen LogP contribution in [0, 0.1) is 10.1 Å². The van der Waals surface area contributed by atoms with Crippen molar-refractivity contribution in [2.45, 2.75) is 26.4 Å². The summed E-state index contributed by atoms with van der Waals surface area (Å²) in [6.07, 6.45) is 1.05. The summed E-state index contributed by atoms with van der Waals surface area (Å²) in [7, 11) is 0. The van der Waals surface area contributed by atoms with Gasteiger partial charge in [0.05, 0.1) is 4.92 Å². The highest BCUT2D eigenvalue weighted by Crippen LogP contribution is 2.22. The summed E-state index contributed by atoms with van der Waals surface area (Å²) in [6.45, 7) is 3.64. The quantitative estimate of drug-likeness (QED) is 0.651. The third kappa shape index (κ3) is 3.16. The summed E-state index contributed by atoms with van der Waals surface area (Å²) in [5, 5.41) is 18.0. The van der Waals surface area contributed by atoms with E-state index in [-0.39, 0.29) is 9.92 Å². The van der Waals surface area contributed by atoms with Crippen LogP contribution in [0.5, 0.6) is 0 Å². The van der Waals surface area contributed by atoms with E-state index in [4.69, 9.17) is 0 Å². The fourth-order valence-corrected chi connectivity index (χ4v) is 3.38. The molecule has 0 amide bonds. The molecule has 2 aromatic rings. The highest BCUT2D eigenvalue weighted by molar-refractivity contribution is 7.13. The van der Waals surface area contributed by atoms with Crippen molar-refractivity contribution in [3.63, 3.8) is 0 Å². The van der Waals surface area contributed by atoms with Gasteiger partial charge in [0.2, 0.25) is 0 Å². The van der Waals surface area contributed by atoms with Crippen LogP contribution in [0.3, 0.4) is 0 Å². The van der Waals surface area contributed by atoms with E-state index in [0.717, 1.165) is 18.5 Å². The average molecular weight is 282 g/mol. The van der Waals surface area contributed by atoms with Gasteiger partial charge in [0, 0.05) is 29.4 Å². The molecule has 0 unspecified atom stereocenters. The Morgan fingerprint density at radius 2 is 2.22 bits per heavy atom. The molecule has 0 saturated heterocycles. The second-order valence-corrected chi connectivity index (χ2v) is 5.77. The maximum Gasteiger partial charge on any atom is 0.324 e. The summed E-state index contributed by atoms with van der Waals surface area (Å²) >= 11 is 2.93. The molecule has 2 aromatic heterocycles. The molecular formula is C12H14N2O2S2. The van der Waals surface area contributed by atoms with Gasteiger partial charge in [-0.1, -0.05) is 18.3 Å². The number of nitro groups is 1. The van der Waals surface area contributed by atoms with E-state index < -0.39 is 0 Å². The Labute approximate surface area is 113 Å². The van der Waals surface area contributed by atoms with Crippen LogP contribution in [0.15, 0.2) is 22.9 Å². The van der Waals surface area contributed by atoms with Crippen LogP contribution in [-0.4, -0.2) is 4.92 Å². The fraction of sp³-hybridized carbons (Fsp3) is 0.333. The highest BCUT2D eigenvalue weighted by Gasteiger charge is 2.09. The van der Waals surface area contributed by atoms with Crippen LogP contribution >= 0.6 is 22.7 Å². The minimum Gasteiger partial charge on any atom is -0.308 e.